The molecule has 2 nitrogen and oxygen atoms in total. The number of unbranched alkanes of at least 4 members (excludes halogenated alkanes) is 4. The van der Waals surface area contributed by atoms with Crippen molar-refractivity contribution in [3.8, 4) is 11.5 Å². The Balaban J connectivity index is 2.35. The van der Waals surface area contributed by atoms with E-state index in [4.69, 9.17) is 0 Å². The lowest BCUT2D eigenvalue weighted by molar-refractivity contribution is 0.457. The zero-order valence-electron chi connectivity index (χ0n) is 22.0. The highest BCUT2D eigenvalue weighted by molar-refractivity contribution is 5.47. The molecule has 2 aromatic rings. The first kappa shape index (κ1) is 27.3. The molecule has 0 saturated heterocycles. The Morgan fingerprint density at radius 2 is 0.909 bits per heavy atom. The first-order chi connectivity index (χ1) is 15.9. The number of phenols is 2. The second-order valence-corrected chi connectivity index (χ2v) is 9.97. The van der Waals surface area contributed by atoms with Crippen LogP contribution in [0.3, 0.4) is 0 Å². The lowest BCUT2D eigenvalue weighted by Gasteiger charge is -2.19. The van der Waals surface area contributed by atoms with Gasteiger partial charge in [0.25, 0.3) is 0 Å². The van der Waals surface area contributed by atoms with Crippen LogP contribution in [0.4, 0.5) is 0 Å². The molecule has 0 aliphatic carbocycles. The maximum atomic E-state index is 10.9. The molecule has 0 aliphatic rings. The second kappa shape index (κ2) is 14.3. The lowest BCUT2D eigenvalue weighted by atomic mass is 9.87. The first-order valence-electron chi connectivity index (χ1n) is 13.6. The summed E-state index contributed by atoms with van der Waals surface area (Å²) in [6.07, 6.45) is 13.7. The fourth-order valence-electron chi connectivity index (χ4n) is 4.72. The van der Waals surface area contributed by atoms with E-state index in [0.29, 0.717) is 17.4 Å². The molecule has 2 heteroatoms. The molecule has 2 N–H and O–H groups in total. The zero-order valence-corrected chi connectivity index (χ0v) is 22.0. The molecule has 33 heavy (non-hydrogen) atoms. The third-order valence-electron chi connectivity index (χ3n) is 6.93. The van der Waals surface area contributed by atoms with Crippen molar-refractivity contribution in [2.24, 2.45) is 0 Å². The van der Waals surface area contributed by atoms with Gasteiger partial charge in [-0.3, -0.25) is 0 Å². The minimum atomic E-state index is 0.369. The van der Waals surface area contributed by atoms with Gasteiger partial charge in [-0.05, 0) is 97.1 Å². The van der Waals surface area contributed by atoms with E-state index in [-0.39, 0.29) is 0 Å². The van der Waals surface area contributed by atoms with E-state index < -0.39 is 0 Å². The van der Waals surface area contributed by atoms with Gasteiger partial charge in [0.1, 0.15) is 11.5 Å². The van der Waals surface area contributed by atoms with Crippen molar-refractivity contribution in [1.82, 2.24) is 0 Å². The predicted molar refractivity (Wildman–Crippen MR) is 143 cm³/mol. The van der Waals surface area contributed by atoms with Crippen LogP contribution in [0.5, 0.6) is 11.5 Å². The van der Waals surface area contributed by atoms with Crippen molar-refractivity contribution in [1.29, 1.82) is 0 Å². The molecule has 0 aromatic heterocycles. The average molecular weight is 453 g/mol. The first-order valence-corrected chi connectivity index (χ1v) is 13.6. The summed E-state index contributed by atoms with van der Waals surface area (Å²) in [6.45, 7) is 11.1. The molecule has 0 bridgehead atoms. The van der Waals surface area contributed by atoms with Gasteiger partial charge in [0.05, 0.1) is 0 Å². The summed E-state index contributed by atoms with van der Waals surface area (Å²) in [5.74, 6) is 1.43. The summed E-state index contributed by atoms with van der Waals surface area (Å²) in [7, 11) is 0. The summed E-state index contributed by atoms with van der Waals surface area (Å²) < 4.78 is 0. The van der Waals surface area contributed by atoms with E-state index in [1.165, 1.54) is 11.1 Å². The number of rotatable bonds is 15. The molecule has 1 atom stereocenters. The van der Waals surface area contributed by atoms with Crippen LogP contribution in [0.2, 0.25) is 0 Å². The van der Waals surface area contributed by atoms with E-state index in [1.54, 1.807) is 0 Å². The van der Waals surface area contributed by atoms with Gasteiger partial charge in [-0.25, -0.2) is 0 Å². The van der Waals surface area contributed by atoms with Crippen molar-refractivity contribution in [3.63, 3.8) is 0 Å². The summed E-state index contributed by atoms with van der Waals surface area (Å²) in [6, 6.07) is 8.99. The molecular formula is C31H48O2. The normalized spacial score (nSPS) is 12.3. The van der Waals surface area contributed by atoms with Gasteiger partial charge in [0.2, 0.25) is 0 Å². The minimum absolute atomic E-state index is 0.369. The highest BCUT2D eigenvalue weighted by atomic mass is 16.3. The van der Waals surface area contributed by atoms with Crippen LogP contribution >= 0.6 is 0 Å². The molecule has 0 amide bonds. The van der Waals surface area contributed by atoms with E-state index in [0.717, 1.165) is 106 Å². The molecule has 0 spiro atoms. The molecule has 0 saturated carbocycles. The van der Waals surface area contributed by atoms with Gasteiger partial charge < -0.3 is 10.2 Å². The van der Waals surface area contributed by atoms with E-state index in [9.17, 15) is 10.2 Å². The SMILES string of the molecule is CCCCc1cc(CC(C)c2cc(CCCC)c(O)c(CCCC)c2)cc(CCCC)c1O. The Morgan fingerprint density at radius 1 is 0.576 bits per heavy atom. The third-order valence-corrected chi connectivity index (χ3v) is 6.93. The van der Waals surface area contributed by atoms with Gasteiger partial charge in [-0.15, -0.1) is 0 Å². The average Bonchev–Trinajstić information content (AvgIpc) is 2.81. The summed E-state index contributed by atoms with van der Waals surface area (Å²) in [5.41, 5.74) is 7.13. The number of benzene rings is 2. The maximum Gasteiger partial charge on any atom is 0.121 e. The second-order valence-electron chi connectivity index (χ2n) is 9.97. The van der Waals surface area contributed by atoms with Crippen LogP contribution in [-0.2, 0) is 32.1 Å². The predicted octanol–water partition coefficient (Wildman–Crippen LogP) is 8.81. The van der Waals surface area contributed by atoms with Crippen LogP contribution in [-0.4, -0.2) is 10.2 Å². The highest BCUT2D eigenvalue weighted by Gasteiger charge is 2.16. The molecule has 184 valence electrons. The van der Waals surface area contributed by atoms with Crippen molar-refractivity contribution in [2.45, 2.75) is 124 Å². The van der Waals surface area contributed by atoms with Crippen molar-refractivity contribution >= 4 is 0 Å². The van der Waals surface area contributed by atoms with Crippen LogP contribution in [0.25, 0.3) is 0 Å². The van der Waals surface area contributed by atoms with Crippen molar-refractivity contribution in [2.75, 3.05) is 0 Å². The monoisotopic (exact) mass is 452 g/mol. The van der Waals surface area contributed by atoms with Crippen LogP contribution in [0.15, 0.2) is 24.3 Å². The highest BCUT2D eigenvalue weighted by Crippen LogP contribution is 2.34. The van der Waals surface area contributed by atoms with Gasteiger partial charge in [0, 0.05) is 0 Å². The fraction of sp³-hybridized carbons (Fsp3) is 0.613. The Morgan fingerprint density at radius 3 is 1.24 bits per heavy atom. The molecule has 2 aromatic carbocycles. The topological polar surface area (TPSA) is 40.5 Å². The van der Waals surface area contributed by atoms with Gasteiger partial charge in [-0.1, -0.05) is 84.6 Å². The quantitative estimate of drug-likeness (QED) is 0.283. The Labute approximate surface area is 203 Å². The molecule has 1 unspecified atom stereocenters. The standard InChI is InChI=1S/C31H48O2/c1-6-10-14-25-19-24(20-26(30(25)32)15-11-7-2)18-23(5)29-21-27(16-12-8-3)31(33)28(22-29)17-13-9-4/h19-23,32-33H,6-18H2,1-5H3. The number of hydrogen-bond donors (Lipinski definition) is 2. The van der Waals surface area contributed by atoms with Gasteiger partial charge in [-0.2, -0.15) is 0 Å². The number of hydrogen-bond acceptors (Lipinski definition) is 2. The summed E-state index contributed by atoms with van der Waals surface area (Å²) >= 11 is 0. The van der Waals surface area contributed by atoms with E-state index >= 15 is 0 Å². The van der Waals surface area contributed by atoms with Gasteiger partial charge >= 0.3 is 0 Å². The van der Waals surface area contributed by atoms with Crippen molar-refractivity contribution < 1.29 is 10.2 Å². The molecule has 0 aliphatic heterocycles. The smallest absolute Gasteiger partial charge is 0.121 e. The molecule has 2 rings (SSSR count). The Bertz CT molecular complexity index is 794. The van der Waals surface area contributed by atoms with Crippen LogP contribution in [0.1, 0.15) is 125 Å². The maximum absolute atomic E-state index is 10.9. The van der Waals surface area contributed by atoms with Crippen LogP contribution < -0.4 is 0 Å². The van der Waals surface area contributed by atoms with E-state index in [2.05, 4.69) is 58.9 Å². The Kier molecular flexibility index (Phi) is 11.9. The molecular weight excluding hydrogens is 404 g/mol. The number of aryl methyl sites for hydroxylation is 4. The van der Waals surface area contributed by atoms with Crippen molar-refractivity contribution in [3.05, 3.63) is 57.6 Å². The molecule has 0 fully saturated rings. The Hall–Kier alpha value is -1.96. The number of phenolic OH excluding ortho intramolecular Hbond substituents is 2. The third kappa shape index (κ3) is 8.09. The molecule has 0 radical (unpaired) electrons. The summed E-state index contributed by atoms with van der Waals surface area (Å²) in [4.78, 5) is 0. The largest absolute Gasteiger partial charge is 0.507 e. The van der Waals surface area contributed by atoms with E-state index in [1.807, 2.05) is 0 Å². The minimum Gasteiger partial charge on any atom is -0.507 e. The van der Waals surface area contributed by atoms with Gasteiger partial charge in [0.15, 0.2) is 0 Å². The molecule has 0 heterocycles. The fourth-order valence-corrected chi connectivity index (χ4v) is 4.72. The summed E-state index contributed by atoms with van der Waals surface area (Å²) in [5, 5.41) is 21.7. The van der Waals surface area contributed by atoms with Crippen LogP contribution in [0, 0.1) is 0 Å². The zero-order chi connectivity index (χ0) is 24.2. The number of aromatic hydroxyl groups is 2. The lowest BCUT2D eigenvalue weighted by Crippen LogP contribution is -2.04.